The van der Waals surface area contributed by atoms with Gasteiger partial charge >= 0.3 is 0 Å². The molecule has 7 nitrogen and oxygen atoms in total. The van der Waals surface area contributed by atoms with Crippen molar-refractivity contribution in [3.63, 3.8) is 0 Å². The third-order valence-corrected chi connectivity index (χ3v) is 4.19. The van der Waals surface area contributed by atoms with Crippen LogP contribution in [0.4, 0.5) is 17.2 Å². The normalized spacial score (nSPS) is 12.2. The van der Waals surface area contributed by atoms with E-state index in [2.05, 4.69) is 15.6 Å². The maximum atomic E-state index is 12.5. The summed E-state index contributed by atoms with van der Waals surface area (Å²) in [5.41, 5.74) is 1.96. The molecule has 2 heterocycles. The fraction of sp³-hybridized carbons (Fsp3) is 0.143. The van der Waals surface area contributed by atoms with Gasteiger partial charge in [0.15, 0.2) is 11.5 Å². The molecule has 7 heteroatoms. The van der Waals surface area contributed by atoms with Gasteiger partial charge in [-0.25, -0.2) is 4.98 Å². The lowest BCUT2D eigenvalue weighted by molar-refractivity contribution is 0.102. The first-order chi connectivity index (χ1) is 13.7. The van der Waals surface area contributed by atoms with Gasteiger partial charge in [0.25, 0.3) is 5.91 Å². The van der Waals surface area contributed by atoms with Crippen LogP contribution < -0.4 is 24.8 Å². The van der Waals surface area contributed by atoms with E-state index in [-0.39, 0.29) is 5.91 Å². The number of benzene rings is 2. The molecule has 0 bridgehead atoms. The number of pyridine rings is 1. The topological polar surface area (TPSA) is 81.7 Å². The van der Waals surface area contributed by atoms with E-state index in [1.54, 1.807) is 37.4 Å². The number of carbonyl (C=O) groups excluding carboxylic acids is 1. The average molecular weight is 377 g/mol. The molecule has 2 aromatic carbocycles. The Hall–Kier alpha value is -3.74. The minimum atomic E-state index is -0.250. The second kappa shape index (κ2) is 7.87. The van der Waals surface area contributed by atoms with Gasteiger partial charge < -0.3 is 24.8 Å². The minimum Gasteiger partial charge on any atom is -0.497 e. The highest BCUT2D eigenvalue weighted by Gasteiger charge is 2.13. The maximum absolute atomic E-state index is 12.5. The number of nitrogens with zero attached hydrogens (tertiary/aromatic N) is 1. The van der Waals surface area contributed by atoms with Crippen LogP contribution in [0.1, 0.15) is 10.4 Å². The van der Waals surface area contributed by atoms with Crippen LogP contribution in [0.25, 0.3) is 0 Å². The highest BCUT2D eigenvalue weighted by molar-refractivity contribution is 6.04. The molecule has 1 aliphatic heterocycles. The van der Waals surface area contributed by atoms with Crippen LogP contribution >= 0.6 is 0 Å². The summed E-state index contributed by atoms with van der Waals surface area (Å²) in [5, 5.41) is 6.02. The van der Waals surface area contributed by atoms with E-state index in [4.69, 9.17) is 14.2 Å². The van der Waals surface area contributed by atoms with Crippen molar-refractivity contribution in [2.45, 2.75) is 0 Å². The van der Waals surface area contributed by atoms with E-state index in [1.165, 1.54) is 6.20 Å². The van der Waals surface area contributed by atoms with Gasteiger partial charge in [0.1, 0.15) is 24.8 Å². The zero-order valence-electron chi connectivity index (χ0n) is 15.3. The number of hydrogen-bond acceptors (Lipinski definition) is 6. The Labute approximate surface area is 162 Å². The predicted octanol–water partition coefficient (Wildman–Crippen LogP) is 3.86. The molecule has 0 atom stereocenters. The highest BCUT2D eigenvalue weighted by Crippen LogP contribution is 2.32. The number of aromatic nitrogens is 1. The molecule has 0 spiro atoms. The third-order valence-electron chi connectivity index (χ3n) is 4.19. The summed E-state index contributed by atoms with van der Waals surface area (Å²) in [6.07, 6.45) is 1.53. The molecule has 1 aromatic heterocycles. The molecule has 2 N–H and O–H groups in total. The smallest absolute Gasteiger partial charge is 0.257 e. The Balaban J connectivity index is 1.40. The van der Waals surface area contributed by atoms with Crippen molar-refractivity contribution in [3.8, 4) is 17.2 Å². The van der Waals surface area contributed by atoms with Gasteiger partial charge in [-0.15, -0.1) is 0 Å². The fourth-order valence-corrected chi connectivity index (χ4v) is 2.75. The Bertz CT molecular complexity index is 972. The second-order valence-electron chi connectivity index (χ2n) is 6.10. The van der Waals surface area contributed by atoms with Crippen molar-refractivity contribution in [2.24, 2.45) is 0 Å². The zero-order chi connectivity index (χ0) is 19.3. The molecule has 0 unspecified atom stereocenters. The van der Waals surface area contributed by atoms with E-state index in [9.17, 15) is 4.79 Å². The molecule has 0 saturated heterocycles. The monoisotopic (exact) mass is 377 g/mol. The molecular formula is C21H19N3O4. The lowest BCUT2D eigenvalue weighted by Crippen LogP contribution is -2.16. The van der Waals surface area contributed by atoms with E-state index in [1.807, 2.05) is 24.3 Å². The van der Waals surface area contributed by atoms with E-state index in [0.29, 0.717) is 41.8 Å². The van der Waals surface area contributed by atoms with Crippen molar-refractivity contribution in [2.75, 3.05) is 31.0 Å². The molecule has 28 heavy (non-hydrogen) atoms. The van der Waals surface area contributed by atoms with Crippen LogP contribution in [-0.4, -0.2) is 31.2 Å². The first-order valence-electron chi connectivity index (χ1n) is 8.79. The van der Waals surface area contributed by atoms with Gasteiger partial charge in [-0.2, -0.15) is 0 Å². The number of nitrogens with one attached hydrogen (secondary N) is 2. The van der Waals surface area contributed by atoms with Gasteiger partial charge in [0.2, 0.25) is 0 Å². The number of fused-ring (bicyclic) bond motifs is 1. The predicted molar refractivity (Wildman–Crippen MR) is 106 cm³/mol. The van der Waals surface area contributed by atoms with E-state index >= 15 is 0 Å². The van der Waals surface area contributed by atoms with Crippen LogP contribution in [-0.2, 0) is 0 Å². The molecule has 0 radical (unpaired) electrons. The molecular weight excluding hydrogens is 358 g/mol. The summed E-state index contributed by atoms with van der Waals surface area (Å²) in [5.74, 6) is 2.48. The van der Waals surface area contributed by atoms with Crippen molar-refractivity contribution in [1.29, 1.82) is 0 Å². The highest BCUT2D eigenvalue weighted by atomic mass is 16.6. The second-order valence-corrected chi connectivity index (χ2v) is 6.10. The number of rotatable bonds is 5. The van der Waals surface area contributed by atoms with Crippen LogP contribution in [0.3, 0.4) is 0 Å². The maximum Gasteiger partial charge on any atom is 0.257 e. The quantitative estimate of drug-likeness (QED) is 0.703. The van der Waals surface area contributed by atoms with Crippen molar-refractivity contribution >= 4 is 23.1 Å². The minimum absolute atomic E-state index is 0.250. The van der Waals surface area contributed by atoms with Crippen molar-refractivity contribution in [1.82, 2.24) is 4.98 Å². The molecule has 142 valence electrons. The van der Waals surface area contributed by atoms with Crippen molar-refractivity contribution in [3.05, 3.63) is 66.4 Å². The number of anilines is 3. The molecule has 1 aliphatic rings. The summed E-state index contributed by atoms with van der Waals surface area (Å²) < 4.78 is 16.2. The van der Waals surface area contributed by atoms with E-state index in [0.717, 1.165) is 11.4 Å². The van der Waals surface area contributed by atoms with Crippen molar-refractivity contribution < 1.29 is 19.0 Å². The number of methoxy groups -OCH3 is 1. The van der Waals surface area contributed by atoms with Gasteiger partial charge in [-0.05, 0) is 48.5 Å². The van der Waals surface area contributed by atoms with Gasteiger partial charge in [-0.3, -0.25) is 4.79 Å². The molecule has 0 saturated carbocycles. The number of carbonyl (C=O) groups is 1. The molecule has 3 aromatic rings. The SMILES string of the molecule is COc1ccc(Nc2ccc(C(=O)Nc3ccc4c(c3)OCCO4)cn2)cc1. The molecule has 4 rings (SSSR count). The first kappa shape index (κ1) is 17.7. The Morgan fingerprint density at radius 2 is 1.71 bits per heavy atom. The summed E-state index contributed by atoms with van der Waals surface area (Å²) in [4.78, 5) is 16.8. The third kappa shape index (κ3) is 3.98. The molecule has 1 amide bonds. The average Bonchev–Trinajstić information content (AvgIpc) is 2.75. The van der Waals surface area contributed by atoms with Gasteiger partial charge in [0, 0.05) is 23.6 Å². The zero-order valence-corrected chi connectivity index (χ0v) is 15.3. The lowest BCUT2D eigenvalue weighted by Gasteiger charge is -2.19. The Kier molecular flexibility index (Phi) is 4.97. The largest absolute Gasteiger partial charge is 0.497 e. The number of amides is 1. The summed E-state index contributed by atoms with van der Waals surface area (Å²) in [6.45, 7) is 1.03. The van der Waals surface area contributed by atoms with Crippen LogP contribution in [0.2, 0.25) is 0 Å². The van der Waals surface area contributed by atoms with Crippen LogP contribution in [0.15, 0.2) is 60.8 Å². The van der Waals surface area contributed by atoms with Gasteiger partial charge in [-0.1, -0.05) is 0 Å². The van der Waals surface area contributed by atoms with Crippen LogP contribution in [0.5, 0.6) is 17.2 Å². The standard InChI is InChI=1S/C21H19N3O4/c1-26-17-6-3-15(4-7-17)23-20-9-2-14(13-22-20)21(25)24-16-5-8-18-19(12-16)28-11-10-27-18/h2-9,12-13H,10-11H2,1H3,(H,22,23)(H,24,25). The first-order valence-corrected chi connectivity index (χ1v) is 8.79. The lowest BCUT2D eigenvalue weighted by atomic mass is 10.2. The Morgan fingerprint density at radius 3 is 2.43 bits per heavy atom. The Morgan fingerprint density at radius 1 is 0.964 bits per heavy atom. The van der Waals surface area contributed by atoms with E-state index < -0.39 is 0 Å². The fourth-order valence-electron chi connectivity index (χ4n) is 2.75. The van der Waals surface area contributed by atoms with Crippen LogP contribution in [0, 0.1) is 0 Å². The summed E-state index contributed by atoms with van der Waals surface area (Å²) in [6, 6.07) is 16.3. The molecule has 0 aliphatic carbocycles. The molecule has 0 fully saturated rings. The summed E-state index contributed by atoms with van der Waals surface area (Å²) in [7, 11) is 1.62. The number of ether oxygens (including phenoxy) is 3. The van der Waals surface area contributed by atoms with Gasteiger partial charge in [0.05, 0.1) is 12.7 Å². The summed E-state index contributed by atoms with van der Waals surface area (Å²) >= 11 is 0. The number of hydrogen-bond donors (Lipinski definition) is 2.